The van der Waals surface area contributed by atoms with Crippen LogP contribution in [-0.4, -0.2) is 49.2 Å². The molecule has 1 fully saturated rings. The highest BCUT2D eigenvalue weighted by molar-refractivity contribution is 6.16. The highest BCUT2D eigenvalue weighted by Crippen LogP contribution is 2.25. The predicted molar refractivity (Wildman–Crippen MR) is 112 cm³/mol. The van der Waals surface area contributed by atoms with Gasteiger partial charge in [-0.05, 0) is 37.9 Å². The number of nitrogens with zero attached hydrogens (tertiary/aromatic N) is 2. The molecule has 2 aromatic rings. The molecule has 4 heteroatoms. The molecule has 146 valence electrons. The summed E-state index contributed by atoms with van der Waals surface area (Å²) in [6.45, 7) is 7.54. The third-order valence-corrected chi connectivity index (χ3v) is 5.65. The van der Waals surface area contributed by atoms with Gasteiger partial charge in [-0.2, -0.15) is 0 Å². The van der Waals surface area contributed by atoms with Gasteiger partial charge in [-0.1, -0.05) is 42.0 Å². The number of carbonyl (C=O) groups is 1. The van der Waals surface area contributed by atoms with Crippen molar-refractivity contribution < 1.29 is 9.53 Å². The lowest BCUT2D eigenvalue weighted by atomic mass is 9.95. The van der Waals surface area contributed by atoms with Crippen LogP contribution in [0, 0.1) is 6.92 Å². The monoisotopic (exact) mass is 376 g/mol. The Morgan fingerprint density at radius 2 is 1.86 bits per heavy atom. The molecule has 0 N–H and O–H groups in total. The van der Waals surface area contributed by atoms with Crippen LogP contribution in [0.4, 0.5) is 0 Å². The molecule has 1 saturated heterocycles. The molecule has 0 aromatic heterocycles. The number of benzene rings is 2. The normalized spacial score (nSPS) is 16.7. The Morgan fingerprint density at radius 1 is 1.07 bits per heavy atom. The van der Waals surface area contributed by atoms with Crippen LogP contribution in [0.1, 0.15) is 51.9 Å². The number of unbranched alkanes of at least 4 members (excludes halogenated alkanes) is 1. The molecule has 28 heavy (non-hydrogen) atoms. The molecule has 0 amide bonds. The van der Waals surface area contributed by atoms with Crippen molar-refractivity contribution in [2.45, 2.75) is 32.7 Å². The van der Waals surface area contributed by atoms with E-state index in [-0.39, 0.29) is 5.78 Å². The van der Waals surface area contributed by atoms with Crippen LogP contribution >= 0.6 is 0 Å². The first-order valence-corrected chi connectivity index (χ1v) is 10.3. The van der Waals surface area contributed by atoms with Crippen LogP contribution in [0.15, 0.2) is 47.5 Å². The summed E-state index contributed by atoms with van der Waals surface area (Å²) in [4.78, 5) is 19.9. The Morgan fingerprint density at radius 3 is 2.64 bits per heavy atom. The summed E-state index contributed by atoms with van der Waals surface area (Å²) in [6, 6.07) is 14.5. The Balaban J connectivity index is 1.37. The number of carbonyl (C=O) groups excluding carboxylic acids is 1. The standard InChI is InChI=1S/C24H28N2O2/c1-18-5-7-19(8-6-18)24-22-16-20(9-10-21(22)17-25-24)23(27)4-2-3-11-26-12-14-28-15-13-26/h5-10,16H,2-4,11-15,17H2,1H3. The molecule has 0 spiro atoms. The summed E-state index contributed by atoms with van der Waals surface area (Å²) in [6.07, 6.45) is 2.61. The van der Waals surface area contributed by atoms with E-state index < -0.39 is 0 Å². The van der Waals surface area contributed by atoms with Crippen LogP contribution in [0.2, 0.25) is 0 Å². The highest BCUT2D eigenvalue weighted by Gasteiger charge is 2.19. The molecule has 0 atom stereocenters. The first-order valence-electron chi connectivity index (χ1n) is 10.3. The van der Waals surface area contributed by atoms with E-state index in [2.05, 4.69) is 42.2 Å². The predicted octanol–water partition coefficient (Wildman–Crippen LogP) is 4.03. The Labute approximate surface area is 167 Å². The van der Waals surface area contributed by atoms with E-state index in [4.69, 9.17) is 9.73 Å². The SMILES string of the molecule is Cc1ccc(C2=NCc3ccc(C(=O)CCCCN4CCOCC4)cc32)cc1. The zero-order valence-corrected chi connectivity index (χ0v) is 16.6. The van der Waals surface area contributed by atoms with Crippen molar-refractivity contribution in [3.63, 3.8) is 0 Å². The molecule has 2 aliphatic rings. The number of Topliss-reactive ketones (excluding diaryl/α,β-unsaturated/α-hetero) is 1. The fourth-order valence-electron chi connectivity index (χ4n) is 3.91. The Bertz CT molecular complexity index is 865. The van der Waals surface area contributed by atoms with Crippen LogP contribution < -0.4 is 0 Å². The van der Waals surface area contributed by atoms with E-state index in [0.717, 1.165) is 68.1 Å². The van der Waals surface area contributed by atoms with Gasteiger partial charge >= 0.3 is 0 Å². The van der Waals surface area contributed by atoms with Gasteiger partial charge in [-0.15, -0.1) is 0 Å². The molecule has 0 aliphatic carbocycles. The molecule has 0 bridgehead atoms. The highest BCUT2D eigenvalue weighted by atomic mass is 16.5. The number of hydrogen-bond acceptors (Lipinski definition) is 4. The average molecular weight is 377 g/mol. The second-order valence-electron chi connectivity index (χ2n) is 7.74. The van der Waals surface area contributed by atoms with Gasteiger partial charge < -0.3 is 4.74 Å². The van der Waals surface area contributed by atoms with Crippen LogP contribution in [0.5, 0.6) is 0 Å². The van der Waals surface area contributed by atoms with Crippen molar-refractivity contribution in [2.75, 3.05) is 32.8 Å². The van der Waals surface area contributed by atoms with Gasteiger partial charge in [-0.3, -0.25) is 14.7 Å². The fraction of sp³-hybridized carbons (Fsp3) is 0.417. The minimum Gasteiger partial charge on any atom is -0.379 e. The zero-order valence-electron chi connectivity index (χ0n) is 16.6. The second-order valence-corrected chi connectivity index (χ2v) is 7.74. The molecule has 4 nitrogen and oxygen atoms in total. The number of hydrogen-bond donors (Lipinski definition) is 0. The number of aryl methyl sites for hydroxylation is 1. The number of ketones is 1. The van der Waals surface area contributed by atoms with Gasteiger partial charge in [0.05, 0.1) is 25.5 Å². The summed E-state index contributed by atoms with van der Waals surface area (Å²) in [5.74, 6) is 0.236. The second kappa shape index (κ2) is 8.80. The lowest BCUT2D eigenvalue weighted by Gasteiger charge is -2.26. The largest absolute Gasteiger partial charge is 0.379 e. The van der Waals surface area contributed by atoms with Crippen molar-refractivity contribution in [2.24, 2.45) is 4.99 Å². The van der Waals surface area contributed by atoms with E-state index >= 15 is 0 Å². The van der Waals surface area contributed by atoms with E-state index in [1.807, 2.05) is 12.1 Å². The lowest BCUT2D eigenvalue weighted by molar-refractivity contribution is 0.0371. The summed E-state index contributed by atoms with van der Waals surface area (Å²) < 4.78 is 5.38. The van der Waals surface area contributed by atoms with Gasteiger partial charge in [0.1, 0.15) is 0 Å². The zero-order chi connectivity index (χ0) is 19.3. The number of morpholine rings is 1. The smallest absolute Gasteiger partial charge is 0.162 e. The number of ether oxygens (including phenoxy) is 1. The fourth-order valence-corrected chi connectivity index (χ4v) is 3.91. The topological polar surface area (TPSA) is 41.9 Å². The molecule has 2 aromatic carbocycles. The molecular formula is C24H28N2O2. The van der Waals surface area contributed by atoms with E-state index in [9.17, 15) is 4.79 Å². The third-order valence-electron chi connectivity index (χ3n) is 5.65. The summed E-state index contributed by atoms with van der Waals surface area (Å²) in [7, 11) is 0. The minimum absolute atomic E-state index is 0.236. The van der Waals surface area contributed by atoms with E-state index in [0.29, 0.717) is 13.0 Å². The molecule has 0 unspecified atom stereocenters. The molecular weight excluding hydrogens is 348 g/mol. The maximum atomic E-state index is 12.7. The van der Waals surface area contributed by atoms with Crippen molar-refractivity contribution in [1.29, 1.82) is 0 Å². The number of rotatable bonds is 7. The number of aliphatic imine (C=N–C) groups is 1. The average Bonchev–Trinajstić information content (AvgIpc) is 3.15. The van der Waals surface area contributed by atoms with Gasteiger partial charge in [0.2, 0.25) is 0 Å². The van der Waals surface area contributed by atoms with E-state index in [1.54, 1.807) is 0 Å². The van der Waals surface area contributed by atoms with Crippen molar-refractivity contribution in [1.82, 2.24) is 4.90 Å². The van der Waals surface area contributed by atoms with Crippen LogP contribution in [0.3, 0.4) is 0 Å². The van der Waals surface area contributed by atoms with Crippen LogP contribution in [-0.2, 0) is 11.3 Å². The quantitative estimate of drug-likeness (QED) is 0.541. The van der Waals surface area contributed by atoms with Gasteiger partial charge in [0, 0.05) is 36.2 Å². The third kappa shape index (κ3) is 4.40. The molecule has 0 saturated carbocycles. The first kappa shape index (κ1) is 19.0. The van der Waals surface area contributed by atoms with Gasteiger partial charge in [0.15, 0.2) is 5.78 Å². The summed E-state index contributed by atoms with van der Waals surface area (Å²) in [5.41, 5.74) is 6.51. The maximum absolute atomic E-state index is 12.7. The summed E-state index contributed by atoms with van der Waals surface area (Å²) >= 11 is 0. The molecule has 0 radical (unpaired) electrons. The van der Waals surface area contributed by atoms with Crippen LogP contribution in [0.25, 0.3) is 0 Å². The van der Waals surface area contributed by atoms with E-state index in [1.165, 1.54) is 11.1 Å². The summed E-state index contributed by atoms with van der Waals surface area (Å²) in [5, 5.41) is 0. The first-order chi connectivity index (χ1) is 13.7. The Kier molecular flexibility index (Phi) is 5.98. The Hall–Kier alpha value is -2.30. The lowest BCUT2D eigenvalue weighted by Crippen LogP contribution is -2.36. The number of fused-ring (bicyclic) bond motifs is 1. The maximum Gasteiger partial charge on any atom is 0.162 e. The van der Waals surface area contributed by atoms with Gasteiger partial charge in [-0.25, -0.2) is 0 Å². The minimum atomic E-state index is 0.236. The molecule has 2 heterocycles. The van der Waals surface area contributed by atoms with Gasteiger partial charge in [0.25, 0.3) is 0 Å². The van der Waals surface area contributed by atoms with Crippen molar-refractivity contribution >= 4 is 11.5 Å². The molecule has 4 rings (SSSR count). The van der Waals surface area contributed by atoms with Crippen molar-refractivity contribution in [3.8, 4) is 0 Å². The van der Waals surface area contributed by atoms with Crippen molar-refractivity contribution in [3.05, 3.63) is 70.3 Å². The molecule has 2 aliphatic heterocycles.